The van der Waals surface area contributed by atoms with Crippen LogP contribution < -0.4 is 5.32 Å². The third kappa shape index (κ3) is 4.15. The Hall–Kier alpha value is -1.33. The van der Waals surface area contributed by atoms with E-state index in [0.29, 0.717) is 5.41 Å². The predicted molar refractivity (Wildman–Crippen MR) is 148 cm³/mol. The molecule has 3 fully saturated rings. The number of anilines is 1. The highest BCUT2D eigenvalue weighted by molar-refractivity contribution is 7.22. The Kier molecular flexibility index (Phi) is 6.89. The number of hydrogen-bond donors (Lipinski definition) is 1. The Morgan fingerprint density at radius 1 is 1.03 bits per heavy atom. The lowest BCUT2D eigenvalue weighted by molar-refractivity contribution is -0.0132. The smallest absolute Gasteiger partial charge is 0.184 e. The molecule has 182 valence electrons. The van der Waals surface area contributed by atoms with E-state index in [2.05, 4.69) is 52.7 Å². The molecule has 1 aliphatic heterocycles. The number of benzene rings is 2. The summed E-state index contributed by atoms with van der Waals surface area (Å²) >= 11 is 1.83. The molecule has 2 heterocycles. The van der Waals surface area contributed by atoms with Crippen molar-refractivity contribution in [1.82, 2.24) is 9.88 Å². The molecule has 2 bridgehead atoms. The van der Waals surface area contributed by atoms with Crippen molar-refractivity contribution in [2.45, 2.75) is 69.4 Å². The molecule has 6 heteroatoms. The van der Waals surface area contributed by atoms with Gasteiger partial charge in [0.15, 0.2) is 5.13 Å². The number of thiazole rings is 1. The Balaban J connectivity index is 0.00000120. The lowest BCUT2D eigenvalue weighted by atomic mass is 9.52. The van der Waals surface area contributed by atoms with Crippen LogP contribution in [0.3, 0.4) is 0 Å². The summed E-state index contributed by atoms with van der Waals surface area (Å²) in [4.78, 5) is 7.95. The summed E-state index contributed by atoms with van der Waals surface area (Å²) in [6.07, 6.45) is 11.2. The van der Waals surface area contributed by atoms with E-state index in [1.807, 2.05) is 11.3 Å². The fourth-order valence-corrected chi connectivity index (χ4v) is 8.13. The SMILES string of the molecule is Cl.Cl.c1ccc(CNc2nc3cc4c(cc3s2)C[C@@H]2[C@@H]3CCCC[C@]43CCN2CC2CC2)cc1. The van der Waals surface area contributed by atoms with Gasteiger partial charge in [-0.1, -0.05) is 54.5 Å². The number of hydrogen-bond acceptors (Lipinski definition) is 4. The maximum atomic E-state index is 5.04. The summed E-state index contributed by atoms with van der Waals surface area (Å²) in [5.41, 5.74) is 6.25. The van der Waals surface area contributed by atoms with E-state index in [0.717, 1.165) is 29.6 Å². The zero-order valence-electron chi connectivity index (χ0n) is 19.7. The van der Waals surface area contributed by atoms with Crippen molar-refractivity contribution in [2.24, 2.45) is 11.8 Å². The average Bonchev–Trinajstić information content (AvgIpc) is 3.56. The van der Waals surface area contributed by atoms with Crippen molar-refractivity contribution < 1.29 is 0 Å². The third-order valence-corrected chi connectivity index (χ3v) is 9.91. The van der Waals surface area contributed by atoms with Crippen molar-refractivity contribution in [2.75, 3.05) is 18.4 Å². The van der Waals surface area contributed by atoms with Crippen molar-refractivity contribution in [3.05, 3.63) is 59.2 Å². The minimum Gasteiger partial charge on any atom is -0.357 e. The quantitative estimate of drug-likeness (QED) is 0.388. The van der Waals surface area contributed by atoms with E-state index in [9.17, 15) is 0 Å². The fourth-order valence-electron chi connectivity index (χ4n) is 7.22. The molecule has 3 aliphatic carbocycles. The van der Waals surface area contributed by atoms with Crippen LogP contribution in [0.5, 0.6) is 0 Å². The molecular formula is C28H35Cl2N3S. The summed E-state index contributed by atoms with van der Waals surface area (Å²) in [6, 6.07) is 16.5. The van der Waals surface area contributed by atoms with Gasteiger partial charge in [0.2, 0.25) is 0 Å². The molecule has 34 heavy (non-hydrogen) atoms. The number of piperidine rings is 1. The first kappa shape index (κ1) is 24.4. The van der Waals surface area contributed by atoms with Gasteiger partial charge in [0.1, 0.15) is 0 Å². The molecule has 1 aromatic heterocycles. The largest absolute Gasteiger partial charge is 0.357 e. The maximum Gasteiger partial charge on any atom is 0.184 e. The minimum atomic E-state index is 0. The Labute approximate surface area is 219 Å². The van der Waals surface area contributed by atoms with Crippen LogP contribution in [-0.4, -0.2) is 29.0 Å². The summed E-state index contributed by atoms with van der Waals surface area (Å²) in [5, 5.41) is 4.63. The predicted octanol–water partition coefficient (Wildman–Crippen LogP) is 7.22. The zero-order valence-corrected chi connectivity index (χ0v) is 22.1. The Bertz CT molecular complexity index is 1150. The highest BCUT2D eigenvalue weighted by Crippen LogP contribution is 2.56. The molecule has 4 aliphatic rings. The summed E-state index contributed by atoms with van der Waals surface area (Å²) in [6.45, 7) is 3.52. The van der Waals surface area contributed by atoms with E-state index in [1.54, 1.807) is 11.1 Å². The molecule has 0 amide bonds. The van der Waals surface area contributed by atoms with Crippen LogP contribution in [0, 0.1) is 11.8 Å². The number of nitrogens with zero attached hydrogens (tertiary/aromatic N) is 2. The first-order valence-corrected chi connectivity index (χ1v) is 13.6. The number of rotatable bonds is 5. The van der Waals surface area contributed by atoms with E-state index in [4.69, 9.17) is 4.98 Å². The van der Waals surface area contributed by atoms with Gasteiger partial charge >= 0.3 is 0 Å². The van der Waals surface area contributed by atoms with Crippen LogP contribution >= 0.6 is 36.2 Å². The van der Waals surface area contributed by atoms with Crippen molar-refractivity contribution in [1.29, 1.82) is 0 Å². The fraction of sp³-hybridized carbons (Fsp3) is 0.536. The van der Waals surface area contributed by atoms with Crippen LogP contribution in [0.1, 0.15) is 61.6 Å². The van der Waals surface area contributed by atoms with Crippen molar-refractivity contribution in [3.8, 4) is 0 Å². The summed E-state index contributed by atoms with van der Waals surface area (Å²) in [5.74, 6) is 1.86. The zero-order chi connectivity index (χ0) is 21.1. The van der Waals surface area contributed by atoms with Crippen LogP contribution in [0.15, 0.2) is 42.5 Å². The van der Waals surface area contributed by atoms with Gasteiger partial charge in [0.05, 0.1) is 10.2 Å². The van der Waals surface area contributed by atoms with Gasteiger partial charge in [0, 0.05) is 24.5 Å². The normalized spacial score (nSPS) is 27.8. The number of aromatic nitrogens is 1. The van der Waals surface area contributed by atoms with Gasteiger partial charge < -0.3 is 5.32 Å². The van der Waals surface area contributed by atoms with Crippen molar-refractivity contribution >= 4 is 51.5 Å². The second-order valence-corrected chi connectivity index (χ2v) is 11.8. The van der Waals surface area contributed by atoms with Gasteiger partial charge in [-0.2, -0.15) is 0 Å². The highest BCUT2D eigenvalue weighted by atomic mass is 35.5. The number of fused-ring (bicyclic) bond motifs is 2. The second-order valence-electron chi connectivity index (χ2n) is 10.8. The van der Waals surface area contributed by atoms with E-state index in [1.165, 1.54) is 80.2 Å². The van der Waals surface area contributed by atoms with Gasteiger partial charge in [-0.25, -0.2) is 4.98 Å². The molecule has 0 radical (unpaired) electrons. The third-order valence-electron chi connectivity index (χ3n) is 8.93. The van der Waals surface area contributed by atoms with Gasteiger partial charge in [0.25, 0.3) is 0 Å². The molecule has 2 aromatic carbocycles. The molecule has 1 N–H and O–H groups in total. The molecule has 3 nitrogen and oxygen atoms in total. The molecule has 2 saturated carbocycles. The van der Waals surface area contributed by atoms with Crippen LogP contribution in [0.4, 0.5) is 5.13 Å². The maximum absolute atomic E-state index is 5.04. The van der Waals surface area contributed by atoms with Gasteiger partial charge in [-0.05, 0) is 85.7 Å². The van der Waals surface area contributed by atoms with Crippen LogP contribution in [0.25, 0.3) is 10.2 Å². The van der Waals surface area contributed by atoms with Crippen LogP contribution in [0.2, 0.25) is 0 Å². The highest BCUT2D eigenvalue weighted by Gasteiger charge is 2.54. The Morgan fingerprint density at radius 2 is 1.88 bits per heavy atom. The molecule has 0 spiro atoms. The lowest BCUT2D eigenvalue weighted by Gasteiger charge is -2.59. The average molecular weight is 517 g/mol. The van der Waals surface area contributed by atoms with E-state index in [-0.39, 0.29) is 24.8 Å². The molecular weight excluding hydrogens is 481 g/mol. The summed E-state index contributed by atoms with van der Waals surface area (Å²) in [7, 11) is 0. The number of nitrogens with one attached hydrogen (secondary N) is 1. The molecule has 0 unspecified atom stereocenters. The number of halogens is 2. The lowest BCUT2D eigenvalue weighted by Crippen LogP contribution is -2.61. The number of likely N-dealkylation sites (tertiary alicyclic amines) is 1. The topological polar surface area (TPSA) is 28.2 Å². The van der Waals surface area contributed by atoms with Gasteiger partial charge in [-0.15, -0.1) is 24.8 Å². The van der Waals surface area contributed by atoms with Crippen LogP contribution in [-0.2, 0) is 18.4 Å². The van der Waals surface area contributed by atoms with E-state index < -0.39 is 0 Å². The molecule has 3 atom stereocenters. The first-order valence-electron chi connectivity index (χ1n) is 12.7. The van der Waals surface area contributed by atoms with Gasteiger partial charge in [-0.3, -0.25) is 4.90 Å². The Morgan fingerprint density at radius 3 is 2.71 bits per heavy atom. The monoisotopic (exact) mass is 515 g/mol. The molecule has 1 saturated heterocycles. The summed E-state index contributed by atoms with van der Waals surface area (Å²) < 4.78 is 1.36. The minimum absolute atomic E-state index is 0. The molecule has 7 rings (SSSR count). The molecule has 3 aromatic rings. The standard InChI is InChI=1S/C28H33N3S.2ClH/c1-2-6-19(7-3-1)17-29-27-30-24-16-23-21(15-26(24)32-27)14-25-22-8-4-5-11-28(22,23)12-13-31(25)18-20-9-10-20;;/h1-3,6-7,15-16,20,22,25H,4-5,8-14,17-18H2,(H,29,30);2*1H/t22-,25+,28+;;/m0../s1. The van der Waals surface area contributed by atoms with E-state index >= 15 is 0 Å². The first-order chi connectivity index (χ1) is 15.8. The second kappa shape index (κ2) is 9.61. The van der Waals surface area contributed by atoms with Crippen molar-refractivity contribution in [3.63, 3.8) is 0 Å².